The van der Waals surface area contributed by atoms with Gasteiger partial charge in [-0.2, -0.15) is 0 Å². The van der Waals surface area contributed by atoms with Gasteiger partial charge in [0.2, 0.25) is 11.2 Å². The molecule has 1 aromatic heterocycles. The molecule has 0 aliphatic heterocycles. The number of aromatic hydroxyl groups is 2. The van der Waals surface area contributed by atoms with Crippen molar-refractivity contribution in [2.24, 2.45) is 0 Å². The molecule has 124 valence electrons. The number of aryl methyl sites for hydroxylation is 2. The van der Waals surface area contributed by atoms with E-state index in [2.05, 4.69) is 0 Å². The zero-order chi connectivity index (χ0) is 17.4. The van der Waals surface area contributed by atoms with Crippen molar-refractivity contribution in [3.63, 3.8) is 0 Å². The van der Waals surface area contributed by atoms with E-state index in [1.165, 1.54) is 6.07 Å². The standard InChI is InChI=1S/C19H18O5/c1-4-23-19-17(22)16-14(21)8-13(20)9-15(16)24-18(19)12-6-5-10(2)11(3)7-12/h5-9,20-21H,4H2,1-3H3. The molecule has 0 aliphatic rings. The number of benzene rings is 2. The van der Waals surface area contributed by atoms with Gasteiger partial charge in [-0.05, 0) is 38.0 Å². The maximum Gasteiger partial charge on any atom is 0.239 e. The highest BCUT2D eigenvalue weighted by Crippen LogP contribution is 2.36. The summed E-state index contributed by atoms with van der Waals surface area (Å²) in [7, 11) is 0. The molecule has 5 nitrogen and oxygen atoms in total. The van der Waals surface area contributed by atoms with Gasteiger partial charge in [0.1, 0.15) is 22.5 Å². The number of ether oxygens (including phenoxy) is 1. The molecule has 0 bridgehead atoms. The largest absolute Gasteiger partial charge is 0.508 e. The van der Waals surface area contributed by atoms with Gasteiger partial charge in [-0.15, -0.1) is 0 Å². The van der Waals surface area contributed by atoms with Crippen LogP contribution in [0.2, 0.25) is 0 Å². The smallest absolute Gasteiger partial charge is 0.239 e. The molecule has 3 rings (SSSR count). The number of hydrogen-bond acceptors (Lipinski definition) is 5. The lowest BCUT2D eigenvalue weighted by Crippen LogP contribution is -2.10. The molecule has 3 aromatic rings. The Bertz CT molecular complexity index is 985. The van der Waals surface area contributed by atoms with Gasteiger partial charge in [-0.3, -0.25) is 4.79 Å². The summed E-state index contributed by atoms with van der Waals surface area (Å²) in [5.41, 5.74) is 2.51. The quantitative estimate of drug-likeness (QED) is 0.763. The maximum atomic E-state index is 12.8. The Hall–Kier alpha value is -2.95. The van der Waals surface area contributed by atoms with E-state index < -0.39 is 5.43 Å². The first-order valence-electron chi connectivity index (χ1n) is 7.65. The summed E-state index contributed by atoms with van der Waals surface area (Å²) >= 11 is 0. The van der Waals surface area contributed by atoms with E-state index >= 15 is 0 Å². The Morgan fingerprint density at radius 3 is 2.50 bits per heavy atom. The van der Waals surface area contributed by atoms with Crippen LogP contribution in [0.5, 0.6) is 17.2 Å². The Kier molecular flexibility index (Phi) is 3.93. The van der Waals surface area contributed by atoms with E-state index in [0.717, 1.165) is 17.2 Å². The van der Waals surface area contributed by atoms with Gasteiger partial charge in [-0.25, -0.2) is 0 Å². The third-order valence-corrected chi connectivity index (χ3v) is 3.98. The highest BCUT2D eigenvalue weighted by atomic mass is 16.5. The molecule has 0 spiro atoms. The van der Waals surface area contributed by atoms with E-state index in [9.17, 15) is 15.0 Å². The molecule has 0 saturated heterocycles. The average Bonchev–Trinajstić information content (AvgIpc) is 2.52. The highest BCUT2D eigenvalue weighted by Gasteiger charge is 2.20. The van der Waals surface area contributed by atoms with Crippen molar-refractivity contribution >= 4 is 11.0 Å². The molecule has 0 aliphatic carbocycles. The predicted octanol–water partition coefficient (Wildman–Crippen LogP) is 3.89. The molecule has 2 N–H and O–H groups in total. The summed E-state index contributed by atoms with van der Waals surface area (Å²) in [5.74, 6) is -0.193. The van der Waals surface area contributed by atoms with Crippen LogP contribution in [0.3, 0.4) is 0 Å². The molecule has 5 heteroatoms. The van der Waals surface area contributed by atoms with Crippen molar-refractivity contribution in [2.45, 2.75) is 20.8 Å². The third-order valence-electron chi connectivity index (χ3n) is 3.98. The second-order valence-electron chi connectivity index (χ2n) is 5.66. The zero-order valence-corrected chi connectivity index (χ0v) is 13.7. The van der Waals surface area contributed by atoms with Crippen LogP contribution in [0.25, 0.3) is 22.3 Å². The summed E-state index contributed by atoms with van der Waals surface area (Å²) in [5, 5.41) is 19.6. The van der Waals surface area contributed by atoms with Crippen LogP contribution in [0.1, 0.15) is 18.1 Å². The average molecular weight is 326 g/mol. The topological polar surface area (TPSA) is 79.9 Å². The molecule has 0 amide bonds. The van der Waals surface area contributed by atoms with E-state index in [1.54, 1.807) is 6.92 Å². The minimum absolute atomic E-state index is 0.0103. The molecular formula is C19H18O5. The van der Waals surface area contributed by atoms with Crippen LogP contribution in [0, 0.1) is 13.8 Å². The number of hydrogen-bond donors (Lipinski definition) is 2. The summed E-state index contributed by atoms with van der Waals surface area (Å²) in [6.07, 6.45) is 0. The Balaban J connectivity index is 2.39. The van der Waals surface area contributed by atoms with Gasteiger partial charge in [0, 0.05) is 17.7 Å². The van der Waals surface area contributed by atoms with Crippen molar-refractivity contribution < 1.29 is 19.4 Å². The molecule has 2 aromatic carbocycles. The first-order chi connectivity index (χ1) is 11.4. The van der Waals surface area contributed by atoms with Gasteiger partial charge in [-0.1, -0.05) is 12.1 Å². The summed E-state index contributed by atoms with van der Waals surface area (Å²) in [6, 6.07) is 8.09. The van der Waals surface area contributed by atoms with Crippen molar-refractivity contribution in [3.05, 3.63) is 51.7 Å². The first kappa shape index (κ1) is 15.9. The Morgan fingerprint density at radius 1 is 1.08 bits per heavy atom. The van der Waals surface area contributed by atoms with E-state index in [1.807, 2.05) is 32.0 Å². The predicted molar refractivity (Wildman–Crippen MR) is 91.9 cm³/mol. The molecular weight excluding hydrogens is 308 g/mol. The van der Waals surface area contributed by atoms with Gasteiger partial charge in [0.05, 0.1) is 6.61 Å². The Labute approximate surface area is 138 Å². The van der Waals surface area contributed by atoms with Crippen LogP contribution in [0.4, 0.5) is 0 Å². The summed E-state index contributed by atoms with van der Waals surface area (Å²) in [4.78, 5) is 12.8. The fourth-order valence-corrected chi connectivity index (χ4v) is 2.62. The highest BCUT2D eigenvalue weighted by molar-refractivity contribution is 5.88. The number of phenols is 2. The van der Waals surface area contributed by atoms with Crippen LogP contribution >= 0.6 is 0 Å². The number of phenolic OH excluding ortho intramolecular Hbond substituents is 2. The second kappa shape index (κ2) is 5.92. The van der Waals surface area contributed by atoms with E-state index in [0.29, 0.717) is 5.56 Å². The van der Waals surface area contributed by atoms with Gasteiger partial charge >= 0.3 is 0 Å². The number of rotatable bonds is 3. The lowest BCUT2D eigenvalue weighted by Gasteiger charge is -2.12. The van der Waals surface area contributed by atoms with Gasteiger partial charge in [0.25, 0.3) is 0 Å². The van der Waals surface area contributed by atoms with Crippen LogP contribution in [-0.2, 0) is 0 Å². The van der Waals surface area contributed by atoms with E-state index in [-0.39, 0.29) is 40.6 Å². The third kappa shape index (κ3) is 2.58. The molecule has 0 fully saturated rings. The van der Waals surface area contributed by atoms with Gasteiger partial charge < -0.3 is 19.4 Å². The zero-order valence-electron chi connectivity index (χ0n) is 13.7. The van der Waals surface area contributed by atoms with Crippen molar-refractivity contribution in [1.29, 1.82) is 0 Å². The monoisotopic (exact) mass is 326 g/mol. The summed E-state index contributed by atoms with van der Waals surface area (Å²) < 4.78 is 11.3. The molecule has 0 atom stereocenters. The molecule has 1 heterocycles. The second-order valence-corrected chi connectivity index (χ2v) is 5.66. The first-order valence-corrected chi connectivity index (χ1v) is 7.65. The molecule has 0 unspecified atom stereocenters. The fraction of sp³-hybridized carbons (Fsp3) is 0.211. The fourth-order valence-electron chi connectivity index (χ4n) is 2.62. The van der Waals surface area contributed by atoms with Gasteiger partial charge in [0.15, 0.2) is 5.76 Å². The van der Waals surface area contributed by atoms with Crippen LogP contribution in [0.15, 0.2) is 39.5 Å². The minimum Gasteiger partial charge on any atom is -0.508 e. The SMILES string of the molecule is CCOc1c(-c2ccc(C)c(C)c2)oc2cc(O)cc(O)c2c1=O. The molecule has 0 saturated carbocycles. The summed E-state index contributed by atoms with van der Waals surface area (Å²) in [6.45, 7) is 6.02. The maximum absolute atomic E-state index is 12.8. The number of fused-ring (bicyclic) bond motifs is 1. The minimum atomic E-state index is -0.469. The Morgan fingerprint density at radius 2 is 1.83 bits per heavy atom. The van der Waals surface area contributed by atoms with Crippen LogP contribution < -0.4 is 10.2 Å². The molecule has 0 radical (unpaired) electrons. The lowest BCUT2D eigenvalue weighted by molar-refractivity contribution is 0.329. The van der Waals surface area contributed by atoms with Crippen molar-refractivity contribution in [2.75, 3.05) is 6.61 Å². The van der Waals surface area contributed by atoms with E-state index in [4.69, 9.17) is 9.15 Å². The normalized spacial score (nSPS) is 11.0. The van der Waals surface area contributed by atoms with Crippen LogP contribution in [-0.4, -0.2) is 16.8 Å². The molecule has 24 heavy (non-hydrogen) atoms. The van der Waals surface area contributed by atoms with Crippen molar-refractivity contribution in [3.8, 4) is 28.6 Å². The lowest BCUT2D eigenvalue weighted by atomic mass is 10.0. The van der Waals surface area contributed by atoms with Crippen molar-refractivity contribution in [1.82, 2.24) is 0 Å².